The van der Waals surface area contributed by atoms with Gasteiger partial charge in [-0.15, -0.1) is 10.2 Å². The molecule has 2 aromatic heterocycles. The molecule has 0 radical (unpaired) electrons. The van der Waals surface area contributed by atoms with E-state index in [0.717, 1.165) is 12.3 Å². The second-order valence-electron chi connectivity index (χ2n) is 3.80. The molecule has 20 heavy (non-hydrogen) atoms. The normalized spacial score (nSPS) is 12.2. The Balaban J connectivity index is 2.30. The zero-order valence-electron chi connectivity index (χ0n) is 10.4. The topological polar surface area (TPSA) is 39.4 Å². The first-order valence-electron chi connectivity index (χ1n) is 5.75. The maximum absolute atomic E-state index is 12.7. The van der Waals surface area contributed by atoms with Gasteiger partial charge < -0.3 is 4.74 Å². The van der Waals surface area contributed by atoms with E-state index < -0.39 is 11.7 Å². The monoisotopic (exact) mass is 325 g/mol. The van der Waals surface area contributed by atoms with Gasteiger partial charge in [0.25, 0.3) is 0 Å². The first-order chi connectivity index (χ1) is 9.43. The average molecular weight is 326 g/mol. The first kappa shape index (κ1) is 15.4. The minimum atomic E-state index is -4.46. The lowest BCUT2D eigenvalue weighted by Gasteiger charge is -2.08. The quantitative estimate of drug-likeness (QED) is 0.623. The fourth-order valence-corrected chi connectivity index (χ4v) is 2.53. The van der Waals surface area contributed by atoms with Crippen molar-refractivity contribution in [2.75, 3.05) is 19.0 Å². The van der Waals surface area contributed by atoms with Crippen LogP contribution in [0.2, 0.25) is 5.02 Å². The molecule has 0 unspecified atom stereocenters. The van der Waals surface area contributed by atoms with Gasteiger partial charge in [-0.2, -0.15) is 13.2 Å². The second-order valence-corrected chi connectivity index (χ2v) is 5.27. The van der Waals surface area contributed by atoms with E-state index >= 15 is 0 Å². The molecule has 0 aromatic carbocycles. The maximum atomic E-state index is 12.7. The summed E-state index contributed by atoms with van der Waals surface area (Å²) in [7, 11) is 0. The Hall–Kier alpha value is -0.990. The predicted octanol–water partition coefficient (Wildman–Crippen LogP) is 3.53. The Morgan fingerprint density at radius 1 is 1.40 bits per heavy atom. The van der Waals surface area contributed by atoms with Crippen LogP contribution in [-0.2, 0) is 10.9 Å². The molecule has 0 N–H and O–H groups in total. The highest BCUT2D eigenvalue weighted by Crippen LogP contribution is 2.33. The highest BCUT2D eigenvalue weighted by Gasteiger charge is 2.32. The molecule has 0 aliphatic rings. The average Bonchev–Trinajstić information content (AvgIpc) is 2.77. The molecule has 4 nitrogen and oxygen atoms in total. The maximum Gasteiger partial charge on any atom is 0.417 e. The van der Waals surface area contributed by atoms with Crippen LogP contribution in [0.4, 0.5) is 13.2 Å². The van der Waals surface area contributed by atoms with E-state index in [1.807, 2.05) is 6.92 Å². The highest BCUT2D eigenvalue weighted by molar-refractivity contribution is 7.99. The van der Waals surface area contributed by atoms with E-state index in [9.17, 15) is 13.2 Å². The first-order valence-corrected chi connectivity index (χ1v) is 7.12. The van der Waals surface area contributed by atoms with Crippen LogP contribution in [0.3, 0.4) is 0 Å². The number of nitrogens with zero attached hydrogens (tertiary/aromatic N) is 3. The van der Waals surface area contributed by atoms with Crippen LogP contribution in [0.5, 0.6) is 0 Å². The van der Waals surface area contributed by atoms with Crippen LogP contribution < -0.4 is 0 Å². The molecule has 2 rings (SSSR count). The number of alkyl halides is 3. The largest absolute Gasteiger partial charge is 0.417 e. The molecule has 0 saturated carbocycles. The van der Waals surface area contributed by atoms with E-state index in [1.165, 1.54) is 16.2 Å². The van der Waals surface area contributed by atoms with Crippen molar-refractivity contribution in [3.8, 4) is 0 Å². The molecule has 0 aliphatic heterocycles. The summed E-state index contributed by atoms with van der Waals surface area (Å²) in [5.74, 6) is 0.572. The number of pyridine rings is 1. The van der Waals surface area contributed by atoms with Crippen LogP contribution in [-0.4, -0.2) is 33.6 Å². The number of rotatable bonds is 5. The third-order valence-corrected chi connectivity index (χ3v) is 3.60. The Kier molecular flexibility index (Phi) is 4.77. The number of halogens is 4. The lowest BCUT2D eigenvalue weighted by Crippen LogP contribution is -2.07. The summed E-state index contributed by atoms with van der Waals surface area (Å²) in [6.07, 6.45) is -3.51. The molecule has 2 heterocycles. The van der Waals surface area contributed by atoms with Gasteiger partial charge in [0.15, 0.2) is 10.8 Å². The molecule has 2 aromatic rings. The summed E-state index contributed by atoms with van der Waals surface area (Å²) in [4.78, 5) is 0. The number of hydrogen-bond donors (Lipinski definition) is 0. The van der Waals surface area contributed by atoms with Gasteiger partial charge >= 0.3 is 6.18 Å². The molecular weight excluding hydrogens is 315 g/mol. The zero-order valence-corrected chi connectivity index (χ0v) is 12.0. The molecule has 9 heteroatoms. The Morgan fingerprint density at radius 3 is 2.80 bits per heavy atom. The fourth-order valence-electron chi connectivity index (χ4n) is 1.52. The molecule has 110 valence electrons. The second kappa shape index (κ2) is 6.19. The predicted molar refractivity (Wildman–Crippen MR) is 70.2 cm³/mol. The lowest BCUT2D eigenvalue weighted by molar-refractivity contribution is -0.137. The van der Waals surface area contributed by atoms with Gasteiger partial charge in [-0.3, -0.25) is 4.40 Å². The number of hydrogen-bond acceptors (Lipinski definition) is 4. The van der Waals surface area contributed by atoms with Crippen molar-refractivity contribution in [3.63, 3.8) is 0 Å². The summed E-state index contributed by atoms with van der Waals surface area (Å²) >= 11 is 7.07. The van der Waals surface area contributed by atoms with Crippen LogP contribution >= 0.6 is 23.4 Å². The molecule has 0 aliphatic carbocycles. The van der Waals surface area contributed by atoms with Gasteiger partial charge in [-0.1, -0.05) is 23.4 Å². The van der Waals surface area contributed by atoms with Crippen LogP contribution in [0.15, 0.2) is 17.4 Å². The number of fused-ring (bicyclic) bond motifs is 1. The van der Waals surface area contributed by atoms with E-state index in [1.54, 1.807) is 0 Å². The van der Waals surface area contributed by atoms with Crippen molar-refractivity contribution >= 4 is 29.0 Å². The molecule has 0 bridgehead atoms. The van der Waals surface area contributed by atoms with Crippen molar-refractivity contribution in [2.45, 2.75) is 18.3 Å². The fraction of sp³-hybridized carbons (Fsp3) is 0.455. The van der Waals surface area contributed by atoms with E-state index in [2.05, 4.69) is 10.2 Å². The van der Waals surface area contributed by atoms with E-state index in [0.29, 0.717) is 24.1 Å². The summed E-state index contributed by atoms with van der Waals surface area (Å²) in [5, 5.41) is 7.91. The van der Waals surface area contributed by atoms with Gasteiger partial charge in [0.2, 0.25) is 0 Å². The van der Waals surface area contributed by atoms with Crippen LogP contribution in [0, 0.1) is 0 Å². The Morgan fingerprint density at radius 2 is 2.15 bits per heavy atom. The van der Waals surface area contributed by atoms with Gasteiger partial charge in [0.05, 0.1) is 17.2 Å². The Labute approximate surface area is 122 Å². The molecule has 0 spiro atoms. The van der Waals surface area contributed by atoms with E-state index in [4.69, 9.17) is 16.3 Å². The summed E-state index contributed by atoms with van der Waals surface area (Å²) in [5.41, 5.74) is -0.625. The van der Waals surface area contributed by atoms with Crippen LogP contribution in [0.25, 0.3) is 5.65 Å². The standard InChI is InChI=1S/C11H11ClF3N3OS/c1-2-19-3-4-20-10-17-16-9-8(12)5-7(6-18(9)10)11(13,14)15/h5-6H,2-4H2,1H3. The third kappa shape index (κ3) is 3.36. The minimum absolute atomic E-state index is 0.0796. The van der Waals surface area contributed by atoms with Gasteiger partial charge in [0.1, 0.15) is 0 Å². The number of aromatic nitrogens is 3. The van der Waals surface area contributed by atoms with Gasteiger partial charge in [-0.05, 0) is 13.0 Å². The van der Waals surface area contributed by atoms with Crippen LogP contribution in [0.1, 0.15) is 12.5 Å². The highest BCUT2D eigenvalue weighted by atomic mass is 35.5. The molecule has 0 amide bonds. The van der Waals surface area contributed by atoms with Crippen molar-refractivity contribution in [1.29, 1.82) is 0 Å². The molecule has 0 fully saturated rings. The molecule has 0 atom stereocenters. The van der Waals surface area contributed by atoms with Crippen molar-refractivity contribution < 1.29 is 17.9 Å². The molecular formula is C11H11ClF3N3OS. The van der Waals surface area contributed by atoms with Gasteiger partial charge in [0, 0.05) is 18.6 Å². The van der Waals surface area contributed by atoms with Crippen molar-refractivity contribution in [1.82, 2.24) is 14.6 Å². The summed E-state index contributed by atoms with van der Waals surface area (Å²) in [6, 6.07) is 0.847. The smallest absolute Gasteiger partial charge is 0.381 e. The third-order valence-electron chi connectivity index (χ3n) is 2.42. The zero-order chi connectivity index (χ0) is 14.8. The van der Waals surface area contributed by atoms with E-state index in [-0.39, 0.29) is 10.7 Å². The van der Waals surface area contributed by atoms with Crippen molar-refractivity contribution in [3.05, 3.63) is 22.8 Å². The number of thioether (sulfide) groups is 1. The summed E-state index contributed by atoms with van der Waals surface area (Å²) in [6.45, 7) is 2.94. The van der Waals surface area contributed by atoms with Gasteiger partial charge in [-0.25, -0.2) is 0 Å². The minimum Gasteiger partial charge on any atom is -0.381 e. The lowest BCUT2D eigenvalue weighted by atomic mass is 10.3. The molecule has 0 saturated heterocycles. The summed E-state index contributed by atoms with van der Waals surface area (Å²) < 4.78 is 44.7. The Bertz CT molecular complexity index is 602. The SMILES string of the molecule is CCOCCSc1nnc2c(Cl)cc(C(F)(F)F)cn12. The van der Waals surface area contributed by atoms with Crippen molar-refractivity contribution in [2.24, 2.45) is 0 Å². The number of ether oxygens (including phenoxy) is 1.